The third-order valence-corrected chi connectivity index (χ3v) is 4.47. The van der Waals surface area contributed by atoms with Crippen LogP contribution < -0.4 is 5.32 Å². The predicted octanol–water partition coefficient (Wildman–Crippen LogP) is 2.96. The molecule has 0 bridgehead atoms. The van der Waals surface area contributed by atoms with Gasteiger partial charge in [0.25, 0.3) is 0 Å². The molecule has 0 amide bonds. The van der Waals surface area contributed by atoms with E-state index in [1.165, 1.54) is 0 Å². The average Bonchev–Trinajstić information content (AvgIpc) is 3.03. The summed E-state index contributed by atoms with van der Waals surface area (Å²) in [5.74, 6) is 1.52. The van der Waals surface area contributed by atoms with E-state index < -0.39 is 0 Å². The third kappa shape index (κ3) is 5.36. The number of halogens is 1. The van der Waals surface area contributed by atoms with Crippen molar-refractivity contribution in [3.63, 3.8) is 0 Å². The molecule has 1 fully saturated rings. The summed E-state index contributed by atoms with van der Waals surface area (Å²) in [6.45, 7) is 6.29. The molecule has 0 saturated carbocycles. The van der Waals surface area contributed by atoms with Crippen LogP contribution in [0.3, 0.4) is 0 Å². The number of methoxy groups -OCH3 is 2. The lowest BCUT2D eigenvalue weighted by Crippen LogP contribution is -2.40. The van der Waals surface area contributed by atoms with Gasteiger partial charge in [-0.25, -0.2) is 0 Å². The molecule has 2 unspecified atom stereocenters. The van der Waals surface area contributed by atoms with E-state index in [1.807, 2.05) is 24.3 Å². The zero-order chi connectivity index (χ0) is 17.4. The number of nitrogens with one attached hydrogen (secondary N) is 1. The fraction of sp³-hybridized carbons (Fsp3) is 0.611. The van der Waals surface area contributed by atoms with Gasteiger partial charge in [0.1, 0.15) is 6.10 Å². The number of guanidine groups is 1. The Labute approximate surface area is 150 Å². The molecule has 2 atom stereocenters. The lowest BCUT2D eigenvalue weighted by molar-refractivity contribution is 0.110. The van der Waals surface area contributed by atoms with Crippen LogP contribution in [0.15, 0.2) is 29.3 Å². The summed E-state index contributed by atoms with van der Waals surface area (Å²) in [5, 5.41) is 4.10. The number of nitrogens with zero attached hydrogens (tertiary/aromatic N) is 2. The Balaban J connectivity index is 2.04. The molecule has 1 heterocycles. The minimum atomic E-state index is -0.102. The van der Waals surface area contributed by atoms with Crippen molar-refractivity contribution in [1.29, 1.82) is 0 Å². The summed E-state index contributed by atoms with van der Waals surface area (Å²) >= 11 is 6.08. The van der Waals surface area contributed by atoms with Crippen LogP contribution in [0.5, 0.6) is 0 Å². The van der Waals surface area contributed by atoms with Crippen LogP contribution in [0.2, 0.25) is 5.02 Å². The van der Waals surface area contributed by atoms with Gasteiger partial charge >= 0.3 is 0 Å². The molecule has 24 heavy (non-hydrogen) atoms. The molecule has 0 radical (unpaired) electrons. The Morgan fingerprint density at radius 2 is 2.29 bits per heavy atom. The van der Waals surface area contributed by atoms with Crippen LogP contribution in [-0.4, -0.2) is 57.9 Å². The maximum Gasteiger partial charge on any atom is 0.194 e. The standard InChI is InChI=1S/C18H28ClN3O2/c1-4-20-18(22-9-8-14(12-22)13-23-2)21-11-17(24-3)15-6-5-7-16(19)10-15/h5-7,10,14,17H,4,8-9,11-13H2,1-3H3,(H,20,21). The van der Waals surface area contributed by atoms with E-state index in [4.69, 9.17) is 26.1 Å². The number of rotatable bonds is 7. The van der Waals surface area contributed by atoms with Crippen LogP contribution >= 0.6 is 11.6 Å². The summed E-state index contributed by atoms with van der Waals surface area (Å²) < 4.78 is 10.9. The number of hydrogen-bond donors (Lipinski definition) is 1. The predicted molar refractivity (Wildman–Crippen MR) is 98.7 cm³/mol. The second-order valence-corrected chi connectivity index (χ2v) is 6.47. The first-order valence-electron chi connectivity index (χ1n) is 8.48. The first-order chi connectivity index (χ1) is 11.7. The number of aliphatic imine (C=N–C) groups is 1. The van der Waals surface area contributed by atoms with Gasteiger partial charge in [-0.05, 0) is 31.0 Å². The zero-order valence-corrected chi connectivity index (χ0v) is 15.6. The lowest BCUT2D eigenvalue weighted by atomic mass is 10.1. The normalized spacial score (nSPS) is 19.6. The van der Waals surface area contributed by atoms with Gasteiger partial charge < -0.3 is 19.7 Å². The van der Waals surface area contributed by atoms with Crippen molar-refractivity contribution in [2.75, 3.05) is 47.0 Å². The maximum absolute atomic E-state index is 6.08. The highest BCUT2D eigenvalue weighted by Gasteiger charge is 2.25. The van der Waals surface area contributed by atoms with Gasteiger partial charge in [-0.2, -0.15) is 0 Å². The molecule has 6 heteroatoms. The van der Waals surface area contributed by atoms with Crippen molar-refractivity contribution < 1.29 is 9.47 Å². The van der Waals surface area contributed by atoms with Gasteiger partial charge in [0, 0.05) is 44.8 Å². The van der Waals surface area contributed by atoms with E-state index in [1.54, 1.807) is 14.2 Å². The molecule has 1 aliphatic rings. The number of likely N-dealkylation sites (tertiary alicyclic amines) is 1. The van der Waals surface area contributed by atoms with Gasteiger partial charge in [-0.1, -0.05) is 23.7 Å². The molecule has 0 spiro atoms. The quantitative estimate of drug-likeness (QED) is 0.604. The summed E-state index contributed by atoms with van der Waals surface area (Å²) in [6.07, 6.45) is 1.04. The topological polar surface area (TPSA) is 46.1 Å². The number of ether oxygens (including phenoxy) is 2. The Morgan fingerprint density at radius 3 is 2.96 bits per heavy atom. The first-order valence-corrected chi connectivity index (χ1v) is 8.86. The molecule has 2 rings (SSSR count). The Bertz CT molecular complexity index is 539. The average molecular weight is 354 g/mol. The Morgan fingerprint density at radius 1 is 1.46 bits per heavy atom. The van der Waals surface area contributed by atoms with Gasteiger partial charge in [-0.15, -0.1) is 0 Å². The van der Waals surface area contributed by atoms with Crippen molar-refractivity contribution in [3.05, 3.63) is 34.9 Å². The third-order valence-electron chi connectivity index (χ3n) is 4.23. The van der Waals surface area contributed by atoms with E-state index in [9.17, 15) is 0 Å². The van der Waals surface area contributed by atoms with Crippen molar-refractivity contribution in [1.82, 2.24) is 10.2 Å². The summed E-state index contributed by atoms with van der Waals surface area (Å²) in [7, 11) is 3.47. The highest BCUT2D eigenvalue weighted by Crippen LogP contribution is 2.21. The summed E-state index contributed by atoms with van der Waals surface area (Å²) in [5.41, 5.74) is 1.04. The summed E-state index contributed by atoms with van der Waals surface area (Å²) in [6, 6.07) is 7.76. The van der Waals surface area contributed by atoms with E-state index in [-0.39, 0.29) is 6.10 Å². The van der Waals surface area contributed by atoms with E-state index in [2.05, 4.69) is 17.1 Å². The van der Waals surface area contributed by atoms with E-state index >= 15 is 0 Å². The zero-order valence-electron chi connectivity index (χ0n) is 14.8. The molecular formula is C18H28ClN3O2. The second-order valence-electron chi connectivity index (χ2n) is 6.03. The summed E-state index contributed by atoms with van der Waals surface area (Å²) in [4.78, 5) is 7.09. The number of benzene rings is 1. The van der Waals surface area contributed by atoms with Crippen LogP contribution in [0.4, 0.5) is 0 Å². The van der Waals surface area contributed by atoms with Gasteiger partial charge in [-0.3, -0.25) is 4.99 Å². The molecule has 5 nitrogen and oxygen atoms in total. The highest BCUT2D eigenvalue weighted by atomic mass is 35.5. The van der Waals surface area contributed by atoms with Crippen LogP contribution in [0, 0.1) is 5.92 Å². The molecule has 1 N–H and O–H groups in total. The van der Waals surface area contributed by atoms with E-state index in [0.29, 0.717) is 17.5 Å². The fourth-order valence-electron chi connectivity index (χ4n) is 3.01. The van der Waals surface area contributed by atoms with Gasteiger partial charge in [0.05, 0.1) is 13.2 Å². The van der Waals surface area contributed by atoms with Crippen molar-refractivity contribution in [2.45, 2.75) is 19.4 Å². The largest absolute Gasteiger partial charge is 0.384 e. The van der Waals surface area contributed by atoms with Crippen LogP contribution in [0.25, 0.3) is 0 Å². The van der Waals surface area contributed by atoms with Crippen LogP contribution in [0.1, 0.15) is 25.0 Å². The van der Waals surface area contributed by atoms with Gasteiger partial charge in [0.15, 0.2) is 5.96 Å². The molecule has 1 aromatic carbocycles. The molecular weight excluding hydrogens is 326 g/mol. The van der Waals surface area contributed by atoms with E-state index in [0.717, 1.165) is 44.2 Å². The van der Waals surface area contributed by atoms with Crippen LogP contribution in [-0.2, 0) is 9.47 Å². The monoisotopic (exact) mass is 353 g/mol. The molecule has 0 aliphatic carbocycles. The SMILES string of the molecule is CCNC(=NCC(OC)c1cccc(Cl)c1)N1CCC(COC)C1. The van der Waals surface area contributed by atoms with Crippen molar-refractivity contribution in [2.24, 2.45) is 10.9 Å². The van der Waals surface area contributed by atoms with Crippen molar-refractivity contribution >= 4 is 17.6 Å². The second kappa shape index (κ2) is 9.87. The lowest BCUT2D eigenvalue weighted by Gasteiger charge is -2.23. The fourth-order valence-corrected chi connectivity index (χ4v) is 3.21. The first kappa shape index (κ1) is 19.0. The minimum Gasteiger partial charge on any atom is -0.384 e. The molecule has 134 valence electrons. The van der Waals surface area contributed by atoms with Gasteiger partial charge in [0.2, 0.25) is 0 Å². The Kier molecular flexibility index (Phi) is 7.82. The minimum absolute atomic E-state index is 0.102. The molecule has 1 saturated heterocycles. The highest BCUT2D eigenvalue weighted by molar-refractivity contribution is 6.30. The maximum atomic E-state index is 6.08. The Hall–Kier alpha value is -1.30. The molecule has 1 aromatic rings. The smallest absolute Gasteiger partial charge is 0.194 e. The molecule has 1 aliphatic heterocycles. The number of hydrogen-bond acceptors (Lipinski definition) is 3. The van der Waals surface area contributed by atoms with Crippen molar-refractivity contribution in [3.8, 4) is 0 Å². The molecule has 0 aromatic heterocycles.